The number of aromatic nitrogens is 3. The Hall–Kier alpha value is -3.32. The van der Waals surface area contributed by atoms with Gasteiger partial charge >= 0.3 is 0 Å². The third kappa shape index (κ3) is 4.56. The highest BCUT2D eigenvalue weighted by molar-refractivity contribution is 5.82. The molecule has 0 aliphatic carbocycles. The van der Waals surface area contributed by atoms with Crippen molar-refractivity contribution < 1.29 is 8.81 Å². The molecule has 31 heavy (non-hydrogen) atoms. The van der Waals surface area contributed by atoms with E-state index in [9.17, 15) is 4.39 Å². The Bertz CT molecular complexity index is 1120. The van der Waals surface area contributed by atoms with Gasteiger partial charge in [0, 0.05) is 43.5 Å². The minimum absolute atomic E-state index is 0.307. The number of nitrogens with one attached hydrogen (secondary N) is 1. The number of halogens is 1. The second-order valence-electron chi connectivity index (χ2n) is 7.92. The number of piperidine rings is 1. The molecule has 1 saturated heterocycles. The quantitative estimate of drug-likeness (QED) is 0.501. The first-order valence-electron chi connectivity index (χ1n) is 10.6. The SMILES string of the molecule is Fc1cc(CNCC2CCN(c3ncccn3)CC2)nc(-c2cc3ccccc3o2)c1. The predicted octanol–water partition coefficient (Wildman–Crippen LogP) is 4.43. The van der Waals surface area contributed by atoms with Crippen molar-refractivity contribution in [1.29, 1.82) is 0 Å². The monoisotopic (exact) mass is 417 g/mol. The average Bonchev–Trinajstić information content (AvgIpc) is 3.24. The summed E-state index contributed by atoms with van der Waals surface area (Å²) in [5.41, 5.74) is 1.96. The summed E-state index contributed by atoms with van der Waals surface area (Å²) in [6.45, 7) is 3.30. The molecule has 0 radical (unpaired) electrons. The van der Waals surface area contributed by atoms with E-state index < -0.39 is 0 Å². The van der Waals surface area contributed by atoms with Gasteiger partial charge in [-0.3, -0.25) is 0 Å². The van der Waals surface area contributed by atoms with Gasteiger partial charge < -0.3 is 14.6 Å². The topological polar surface area (TPSA) is 67.1 Å². The molecule has 0 unspecified atom stereocenters. The first-order chi connectivity index (χ1) is 15.2. The smallest absolute Gasteiger partial charge is 0.225 e. The molecular formula is C24H24FN5O. The molecule has 0 saturated carbocycles. The van der Waals surface area contributed by atoms with Crippen LogP contribution in [-0.2, 0) is 6.54 Å². The van der Waals surface area contributed by atoms with Crippen LogP contribution in [-0.4, -0.2) is 34.6 Å². The maximum absolute atomic E-state index is 14.2. The molecule has 1 aliphatic rings. The van der Waals surface area contributed by atoms with E-state index in [1.165, 1.54) is 12.1 Å². The Morgan fingerprint density at radius 2 is 1.84 bits per heavy atom. The molecule has 4 aromatic rings. The second kappa shape index (κ2) is 8.81. The number of furan rings is 1. The number of hydrogen-bond acceptors (Lipinski definition) is 6. The number of rotatable bonds is 6. The van der Waals surface area contributed by atoms with Gasteiger partial charge in [0.1, 0.15) is 17.1 Å². The van der Waals surface area contributed by atoms with E-state index in [2.05, 4.69) is 25.2 Å². The fourth-order valence-corrected chi connectivity index (χ4v) is 4.07. The lowest BCUT2D eigenvalue weighted by Gasteiger charge is -2.32. The van der Waals surface area contributed by atoms with E-state index in [0.717, 1.165) is 49.4 Å². The van der Waals surface area contributed by atoms with Crippen LogP contribution in [0.5, 0.6) is 0 Å². The summed E-state index contributed by atoms with van der Waals surface area (Å²) < 4.78 is 20.1. The third-order valence-electron chi connectivity index (χ3n) is 5.71. The first-order valence-corrected chi connectivity index (χ1v) is 10.6. The van der Waals surface area contributed by atoms with Gasteiger partial charge in [-0.2, -0.15) is 0 Å². The van der Waals surface area contributed by atoms with Crippen molar-refractivity contribution in [3.05, 3.63) is 72.4 Å². The Labute approximate surface area is 180 Å². The van der Waals surface area contributed by atoms with E-state index >= 15 is 0 Å². The third-order valence-corrected chi connectivity index (χ3v) is 5.71. The van der Waals surface area contributed by atoms with Crippen LogP contribution in [0.3, 0.4) is 0 Å². The van der Waals surface area contributed by atoms with Crippen molar-refractivity contribution in [1.82, 2.24) is 20.3 Å². The Morgan fingerprint density at radius 1 is 1.03 bits per heavy atom. The van der Waals surface area contributed by atoms with Crippen LogP contribution in [0.25, 0.3) is 22.4 Å². The van der Waals surface area contributed by atoms with Crippen molar-refractivity contribution in [2.24, 2.45) is 5.92 Å². The largest absolute Gasteiger partial charge is 0.454 e. The van der Waals surface area contributed by atoms with E-state index in [1.807, 2.05) is 36.4 Å². The zero-order valence-corrected chi connectivity index (χ0v) is 17.2. The molecule has 1 aromatic carbocycles. The Morgan fingerprint density at radius 3 is 2.65 bits per heavy atom. The number of pyridine rings is 1. The molecule has 6 nitrogen and oxygen atoms in total. The van der Waals surface area contributed by atoms with Crippen LogP contribution in [0.15, 0.2) is 65.3 Å². The summed E-state index contributed by atoms with van der Waals surface area (Å²) >= 11 is 0. The Balaban J connectivity index is 1.18. The van der Waals surface area contributed by atoms with E-state index in [-0.39, 0.29) is 5.82 Å². The summed E-state index contributed by atoms with van der Waals surface area (Å²) in [6.07, 6.45) is 5.71. The number of para-hydroxylation sites is 1. The lowest BCUT2D eigenvalue weighted by molar-refractivity contribution is 0.379. The molecule has 5 rings (SSSR count). The molecule has 3 aromatic heterocycles. The van der Waals surface area contributed by atoms with Crippen molar-refractivity contribution in [3.8, 4) is 11.5 Å². The summed E-state index contributed by atoms with van der Waals surface area (Å²) in [5.74, 6) is 1.65. The van der Waals surface area contributed by atoms with Gasteiger partial charge in [0.25, 0.3) is 0 Å². The van der Waals surface area contributed by atoms with Gasteiger partial charge in [0.05, 0.1) is 5.69 Å². The highest BCUT2D eigenvalue weighted by Gasteiger charge is 2.20. The lowest BCUT2D eigenvalue weighted by Crippen LogP contribution is -2.38. The summed E-state index contributed by atoms with van der Waals surface area (Å²) in [4.78, 5) is 15.5. The minimum atomic E-state index is -0.307. The highest BCUT2D eigenvalue weighted by Crippen LogP contribution is 2.27. The molecule has 1 fully saturated rings. The number of benzene rings is 1. The fourth-order valence-electron chi connectivity index (χ4n) is 4.07. The molecule has 0 spiro atoms. The minimum Gasteiger partial charge on any atom is -0.454 e. The molecule has 0 bridgehead atoms. The number of nitrogens with zero attached hydrogens (tertiary/aromatic N) is 4. The standard InChI is InChI=1S/C24H24FN5O/c25-19-13-20(29-21(14-19)23-12-18-4-1-2-5-22(18)31-23)16-26-15-17-6-10-30(11-7-17)24-27-8-3-9-28-24/h1-5,8-9,12-14,17,26H,6-7,10-11,15-16H2. The van der Waals surface area contributed by atoms with E-state index in [0.29, 0.717) is 29.6 Å². The zero-order valence-electron chi connectivity index (χ0n) is 17.2. The van der Waals surface area contributed by atoms with Crippen LogP contribution in [0.1, 0.15) is 18.5 Å². The van der Waals surface area contributed by atoms with Gasteiger partial charge in [-0.15, -0.1) is 0 Å². The molecule has 0 amide bonds. The maximum Gasteiger partial charge on any atom is 0.225 e. The first kappa shape index (κ1) is 19.6. The molecule has 158 valence electrons. The highest BCUT2D eigenvalue weighted by atomic mass is 19.1. The van der Waals surface area contributed by atoms with E-state index in [4.69, 9.17) is 4.42 Å². The van der Waals surface area contributed by atoms with Crippen LogP contribution in [0, 0.1) is 11.7 Å². The predicted molar refractivity (Wildman–Crippen MR) is 118 cm³/mol. The van der Waals surface area contributed by atoms with Gasteiger partial charge in [-0.1, -0.05) is 18.2 Å². The van der Waals surface area contributed by atoms with Crippen LogP contribution < -0.4 is 10.2 Å². The van der Waals surface area contributed by atoms with Crippen molar-refractivity contribution in [2.45, 2.75) is 19.4 Å². The summed E-state index contributed by atoms with van der Waals surface area (Å²) in [7, 11) is 0. The fraction of sp³-hybridized carbons (Fsp3) is 0.292. The lowest BCUT2D eigenvalue weighted by atomic mass is 9.97. The van der Waals surface area contributed by atoms with Gasteiger partial charge in [0.2, 0.25) is 5.95 Å². The second-order valence-corrected chi connectivity index (χ2v) is 7.92. The van der Waals surface area contributed by atoms with Crippen LogP contribution >= 0.6 is 0 Å². The normalized spacial score (nSPS) is 14.9. The summed E-state index contributed by atoms with van der Waals surface area (Å²) in [5, 5.41) is 4.43. The van der Waals surface area contributed by atoms with Gasteiger partial charge in [-0.25, -0.2) is 19.3 Å². The molecule has 7 heteroatoms. The molecule has 1 aliphatic heterocycles. The number of anilines is 1. The van der Waals surface area contributed by atoms with Crippen LogP contribution in [0.4, 0.5) is 10.3 Å². The van der Waals surface area contributed by atoms with Crippen LogP contribution in [0.2, 0.25) is 0 Å². The number of hydrogen-bond donors (Lipinski definition) is 1. The zero-order chi connectivity index (χ0) is 21.0. The summed E-state index contributed by atoms with van der Waals surface area (Å²) in [6, 6.07) is 14.4. The number of fused-ring (bicyclic) bond motifs is 1. The van der Waals surface area contributed by atoms with Gasteiger partial charge in [-0.05, 0) is 49.6 Å². The molecule has 1 N–H and O–H groups in total. The van der Waals surface area contributed by atoms with Gasteiger partial charge in [0.15, 0.2) is 5.76 Å². The maximum atomic E-state index is 14.2. The Kier molecular flexibility index (Phi) is 5.58. The molecule has 4 heterocycles. The van der Waals surface area contributed by atoms with Crippen molar-refractivity contribution >= 4 is 16.9 Å². The van der Waals surface area contributed by atoms with Crippen molar-refractivity contribution in [3.63, 3.8) is 0 Å². The molecule has 0 atom stereocenters. The van der Waals surface area contributed by atoms with Crippen molar-refractivity contribution in [2.75, 3.05) is 24.5 Å². The van der Waals surface area contributed by atoms with E-state index in [1.54, 1.807) is 12.4 Å². The molecular weight excluding hydrogens is 393 g/mol. The average molecular weight is 417 g/mol.